The summed E-state index contributed by atoms with van der Waals surface area (Å²) in [5.41, 5.74) is 0.672. The molecule has 3 unspecified atom stereocenters. The normalized spacial score (nSPS) is 30.3. The van der Waals surface area contributed by atoms with Crippen LogP contribution < -0.4 is 0 Å². The van der Waals surface area contributed by atoms with E-state index in [1.54, 1.807) is 4.90 Å². The third-order valence-corrected chi connectivity index (χ3v) is 5.90. The van der Waals surface area contributed by atoms with Crippen LogP contribution in [0.2, 0.25) is 0 Å². The van der Waals surface area contributed by atoms with Gasteiger partial charge in [-0.3, -0.25) is 4.79 Å². The molecular formula is C21H29NO4. The highest BCUT2D eigenvalue weighted by molar-refractivity contribution is 5.75. The number of aliphatic carboxylic acids is 1. The predicted molar refractivity (Wildman–Crippen MR) is 98.6 cm³/mol. The maximum absolute atomic E-state index is 12.6. The van der Waals surface area contributed by atoms with E-state index < -0.39 is 18.0 Å². The van der Waals surface area contributed by atoms with E-state index >= 15 is 0 Å². The van der Waals surface area contributed by atoms with Gasteiger partial charge < -0.3 is 14.7 Å². The van der Waals surface area contributed by atoms with Gasteiger partial charge in [0, 0.05) is 18.5 Å². The Morgan fingerprint density at radius 1 is 1.23 bits per heavy atom. The summed E-state index contributed by atoms with van der Waals surface area (Å²) < 4.78 is 5.45. The van der Waals surface area contributed by atoms with Crippen molar-refractivity contribution < 1.29 is 19.4 Å². The highest BCUT2D eigenvalue weighted by Crippen LogP contribution is 2.55. The second kappa shape index (κ2) is 6.93. The van der Waals surface area contributed by atoms with E-state index in [0.717, 1.165) is 24.8 Å². The Balaban J connectivity index is 1.72. The third-order valence-electron chi connectivity index (χ3n) is 5.90. The zero-order valence-corrected chi connectivity index (χ0v) is 15.9. The highest BCUT2D eigenvalue weighted by Gasteiger charge is 2.56. The van der Waals surface area contributed by atoms with Crippen molar-refractivity contribution in [2.24, 2.45) is 22.7 Å². The fraction of sp³-hybridized carbons (Fsp3) is 0.619. The van der Waals surface area contributed by atoms with Gasteiger partial charge in [-0.25, -0.2) is 4.79 Å². The van der Waals surface area contributed by atoms with Gasteiger partial charge in [0.1, 0.15) is 6.61 Å². The Morgan fingerprint density at radius 2 is 1.92 bits per heavy atom. The van der Waals surface area contributed by atoms with Crippen molar-refractivity contribution in [3.8, 4) is 0 Å². The monoisotopic (exact) mass is 359 g/mol. The van der Waals surface area contributed by atoms with Gasteiger partial charge >= 0.3 is 12.1 Å². The minimum Gasteiger partial charge on any atom is -0.481 e. The molecule has 1 spiro atoms. The molecule has 1 amide bonds. The van der Waals surface area contributed by atoms with Gasteiger partial charge in [-0.05, 0) is 36.2 Å². The number of nitrogens with zero attached hydrogens (tertiary/aromatic N) is 1. The van der Waals surface area contributed by atoms with Crippen molar-refractivity contribution in [1.82, 2.24) is 4.90 Å². The van der Waals surface area contributed by atoms with Crippen LogP contribution in [-0.2, 0) is 16.1 Å². The molecule has 0 bridgehead atoms. The Morgan fingerprint density at radius 3 is 2.54 bits per heavy atom. The first kappa shape index (κ1) is 18.7. The van der Waals surface area contributed by atoms with Crippen LogP contribution in [0.4, 0.5) is 4.79 Å². The minimum atomic E-state index is -0.798. The Labute approximate surface area is 155 Å². The number of carboxylic acids is 1. The topological polar surface area (TPSA) is 66.8 Å². The van der Waals surface area contributed by atoms with Crippen LogP contribution in [0.5, 0.6) is 0 Å². The molecule has 1 aliphatic heterocycles. The largest absolute Gasteiger partial charge is 0.481 e. The first-order valence-corrected chi connectivity index (χ1v) is 9.39. The summed E-state index contributed by atoms with van der Waals surface area (Å²) in [7, 11) is 0. The average molecular weight is 359 g/mol. The molecule has 5 nitrogen and oxygen atoms in total. The summed E-state index contributed by atoms with van der Waals surface area (Å²) in [6.07, 6.45) is 2.38. The van der Waals surface area contributed by atoms with Crippen molar-refractivity contribution in [3.63, 3.8) is 0 Å². The van der Waals surface area contributed by atoms with E-state index in [0.29, 0.717) is 12.5 Å². The predicted octanol–water partition coefficient (Wildman–Crippen LogP) is 4.17. The fourth-order valence-electron chi connectivity index (χ4n) is 5.45. The molecule has 2 fully saturated rings. The number of carbonyl (C=O) groups excluding carboxylic acids is 1. The summed E-state index contributed by atoms with van der Waals surface area (Å²) >= 11 is 0. The van der Waals surface area contributed by atoms with Gasteiger partial charge in [0.25, 0.3) is 0 Å². The molecule has 1 aliphatic carbocycles. The lowest BCUT2D eigenvalue weighted by Gasteiger charge is -2.47. The van der Waals surface area contributed by atoms with E-state index in [-0.39, 0.29) is 24.0 Å². The van der Waals surface area contributed by atoms with Crippen LogP contribution >= 0.6 is 0 Å². The third kappa shape index (κ3) is 3.87. The van der Waals surface area contributed by atoms with Crippen molar-refractivity contribution in [1.29, 1.82) is 0 Å². The first-order chi connectivity index (χ1) is 12.2. The van der Waals surface area contributed by atoms with E-state index in [2.05, 4.69) is 20.8 Å². The molecule has 0 radical (unpaired) electrons. The van der Waals surface area contributed by atoms with Crippen LogP contribution in [-0.4, -0.2) is 35.2 Å². The molecule has 142 valence electrons. The van der Waals surface area contributed by atoms with Crippen molar-refractivity contribution in [2.75, 3.05) is 13.1 Å². The summed E-state index contributed by atoms with van der Waals surface area (Å²) in [6, 6.07) is 9.53. The van der Waals surface area contributed by atoms with Gasteiger partial charge in [-0.15, -0.1) is 0 Å². The van der Waals surface area contributed by atoms with Crippen LogP contribution in [0, 0.1) is 22.7 Å². The number of likely N-dealkylation sites (tertiary alicyclic amines) is 1. The molecule has 2 aliphatic rings. The van der Waals surface area contributed by atoms with Crippen molar-refractivity contribution in [3.05, 3.63) is 35.9 Å². The molecule has 1 aromatic carbocycles. The molecule has 26 heavy (non-hydrogen) atoms. The van der Waals surface area contributed by atoms with E-state index in [1.807, 2.05) is 30.3 Å². The second-order valence-electron chi connectivity index (χ2n) is 9.03. The lowest BCUT2D eigenvalue weighted by molar-refractivity contribution is -0.147. The number of rotatable bonds is 3. The minimum absolute atomic E-state index is 0.0926. The van der Waals surface area contributed by atoms with Crippen LogP contribution in [0.3, 0.4) is 0 Å². The lowest BCUT2D eigenvalue weighted by atomic mass is 9.57. The maximum Gasteiger partial charge on any atom is 0.410 e. The summed E-state index contributed by atoms with van der Waals surface area (Å²) in [5, 5.41) is 9.82. The van der Waals surface area contributed by atoms with Gasteiger partial charge in [0.15, 0.2) is 0 Å². The molecule has 1 saturated carbocycles. The zero-order chi connectivity index (χ0) is 18.9. The molecule has 5 heteroatoms. The molecule has 1 heterocycles. The van der Waals surface area contributed by atoms with Gasteiger partial charge in [-0.2, -0.15) is 0 Å². The van der Waals surface area contributed by atoms with E-state index in [4.69, 9.17) is 4.74 Å². The van der Waals surface area contributed by atoms with Gasteiger partial charge in [0.05, 0.1) is 5.92 Å². The maximum atomic E-state index is 12.6. The Kier molecular flexibility index (Phi) is 5.00. The Bertz CT molecular complexity index is 672. The SMILES string of the molecule is CC1CC(C)(C)CC2(C1)CN(C(=O)OCc1ccccc1)CC2C(=O)O. The molecule has 3 atom stereocenters. The Hall–Kier alpha value is -2.04. The highest BCUT2D eigenvalue weighted by atomic mass is 16.6. The summed E-state index contributed by atoms with van der Waals surface area (Å²) in [6.45, 7) is 7.54. The van der Waals surface area contributed by atoms with Gasteiger partial charge in [0.2, 0.25) is 0 Å². The number of hydrogen-bond acceptors (Lipinski definition) is 3. The molecule has 3 rings (SSSR count). The molecule has 0 aromatic heterocycles. The van der Waals surface area contributed by atoms with Crippen molar-refractivity contribution >= 4 is 12.1 Å². The quantitative estimate of drug-likeness (QED) is 0.879. The number of carbonyl (C=O) groups is 2. The fourth-order valence-corrected chi connectivity index (χ4v) is 5.45. The number of ether oxygens (including phenoxy) is 1. The number of hydrogen-bond donors (Lipinski definition) is 1. The first-order valence-electron chi connectivity index (χ1n) is 9.39. The summed E-state index contributed by atoms with van der Waals surface area (Å²) in [5.74, 6) is -0.858. The molecule has 1 N–H and O–H groups in total. The number of amides is 1. The number of benzene rings is 1. The molecule has 1 aromatic rings. The van der Waals surface area contributed by atoms with Crippen LogP contribution in [0.1, 0.15) is 45.6 Å². The second-order valence-corrected chi connectivity index (χ2v) is 9.03. The summed E-state index contributed by atoms with van der Waals surface area (Å²) in [4.78, 5) is 26.1. The van der Waals surface area contributed by atoms with Gasteiger partial charge in [-0.1, -0.05) is 51.1 Å². The van der Waals surface area contributed by atoms with Crippen LogP contribution in [0.25, 0.3) is 0 Å². The van der Waals surface area contributed by atoms with E-state index in [1.165, 1.54) is 0 Å². The zero-order valence-electron chi connectivity index (χ0n) is 15.9. The lowest BCUT2D eigenvalue weighted by Crippen LogP contribution is -2.44. The van der Waals surface area contributed by atoms with E-state index in [9.17, 15) is 14.7 Å². The van der Waals surface area contributed by atoms with Crippen molar-refractivity contribution in [2.45, 2.75) is 46.6 Å². The average Bonchev–Trinajstić information content (AvgIpc) is 2.90. The number of carboxylic acid groups (broad SMARTS) is 1. The standard InChI is InChI=1S/C21H29NO4/c1-15-9-20(2,3)13-21(10-15)14-22(11-17(21)18(23)24)19(25)26-12-16-7-5-4-6-8-16/h4-8,15,17H,9-14H2,1-3H3,(H,23,24). The molecule has 1 saturated heterocycles. The molecular weight excluding hydrogens is 330 g/mol. The van der Waals surface area contributed by atoms with Crippen LogP contribution in [0.15, 0.2) is 30.3 Å². The smallest absolute Gasteiger partial charge is 0.410 e.